The van der Waals surface area contributed by atoms with Gasteiger partial charge in [-0.05, 0) is 11.8 Å². The van der Waals surface area contributed by atoms with Gasteiger partial charge >= 0.3 is 0 Å². The van der Waals surface area contributed by atoms with Crippen molar-refractivity contribution in [2.24, 2.45) is 5.41 Å². The lowest BCUT2D eigenvalue weighted by atomic mass is 9.78. The van der Waals surface area contributed by atoms with Gasteiger partial charge in [0.2, 0.25) is 5.91 Å². The Hall–Kier alpha value is -1.43. The first-order valence-electron chi connectivity index (χ1n) is 6.87. The number of carbonyl (C=O) groups is 2. The number of thiazole rings is 1. The molecule has 1 aromatic rings. The molecular formula is C14H19N3O2S. The second-order valence-corrected chi connectivity index (χ2v) is 7.43. The summed E-state index contributed by atoms with van der Waals surface area (Å²) in [4.78, 5) is 33.1. The summed E-state index contributed by atoms with van der Waals surface area (Å²) in [6.07, 6.45) is 1.43. The molecule has 1 aliphatic heterocycles. The standard InChI is InChI=1S/C14H19N3O2S/c1-14(2)6-9-12(10(18)7-14)20-13(15-9)17-5-4-16(3)11(19)8-17/h4-8H2,1-3H3. The van der Waals surface area contributed by atoms with E-state index in [1.807, 2.05) is 11.9 Å². The number of fused-ring (bicyclic) bond motifs is 1. The molecule has 1 fully saturated rings. The number of amides is 1. The average Bonchev–Trinajstić information content (AvgIpc) is 2.75. The van der Waals surface area contributed by atoms with Crippen LogP contribution < -0.4 is 4.90 Å². The number of hydrogen-bond donors (Lipinski definition) is 0. The van der Waals surface area contributed by atoms with Gasteiger partial charge in [0.15, 0.2) is 10.9 Å². The molecule has 0 unspecified atom stereocenters. The molecule has 108 valence electrons. The molecule has 2 aliphatic rings. The second-order valence-electron chi connectivity index (χ2n) is 6.45. The summed E-state index contributed by atoms with van der Waals surface area (Å²) < 4.78 is 0. The number of likely N-dealkylation sites (N-methyl/N-ethyl adjacent to an activating group) is 1. The number of nitrogens with zero attached hydrogens (tertiary/aromatic N) is 3. The summed E-state index contributed by atoms with van der Waals surface area (Å²) in [5, 5.41) is 0.822. The van der Waals surface area contributed by atoms with Crippen LogP contribution in [0.1, 0.15) is 35.6 Å². The molecule has 1 saturated heterocycles. The smallest absolute Gasteiger partial charge is 0.241 e. The third-order valence-electron chi connectivity index (χ3n) is 3.95. The van der Waals surface area contributed by atoms with Crippen molar-refractivity contribution in [3.05, 3.63) is 10.6 Å². The Balaban J connectivity index is 1.87. The van der Waals surface area contributed by atoms with Gasteiger partial charge in [-0.3, -0.25) is 9.59 Å². The van der Waals surface area contributed by atoms with Crippen molar-refractivity contribution in [3.63, 3.8) is 0 Å². The fourth-order valence-corrected chi connectivity index (χ4v) is 3.81. The van der Waals surface area contributed by atoms with Crippen LogP contribution in [0.2, 0.25) is 0 Å². The van der Waals surface area contributed by atoms with Crippen LogP contribution >= 0.6 is 11.3 Å². The summed E-state index contributed by atoms with van der Waals surface area (Å²) in [6.45, 7) is 6.06. The van der Waals surface area contributed by atoms with Crippen LogP contribution in [0.5, 0.6) is 0 Å². The monoisotopic (exact) mass is 293 g/mol. The van der Waals surface area contributed by atoms with Gasteiger partial charge in [-0.15, -0.1) is 0 Å². The van der Waals surface area contributed by atoms with E-state index >= 15 is 0 Å². The van der Waals surface area contributed by atoms with Crippen LogP contribution in [0.25, 0.3) is 0 Å². The Morgan fingerprint density at radius 1 is 1.20 bits per heavy atom. The molecule has 2 heterocycles. The molecule has 3 rings (SSSR count). The van der Waals surface area contributed by atoms with Crippen molar-refractivity contribution >= 4 is 28.2 Å². The molecule has 0 atom stereocenters. The number of piperazine rings is 1. The van der Waals surface area contributed by atoms with Crippen LogP contribution in [0.15, 0.2) is 0 Å². The van der Waals surface area contributed by atoms with Crippen LogP contribution in [0.3, 0.4) is 0 Å². The third-order valence-corrected chi connectivity index (χ3v) is 5.15. The van der Waals surface area contributed by atoms with E-state index in [1.165, 1.54) is 11.3 Å². The van der Waals surface area contributed by atoms with Gasteiger partial charge in [0, 0.05) is 26.6 Å². The Kier molecular flexibility index (Phi) is 3.08. The molecule has 0 N–H and O–H groups in total. The number of ketones is 1. The van der Waals surface area contributed by atoms with Gasteiger partial charge in [-0.25, -0.2) is 4.98 Å². The van der Waals surface area contributed by atoms with E-state index in [9.17, 15) is 9.59 Å². The van der Waals surface area contributed by atoms with E-state index in [2.05, 4.69) is 18.8 Å². The lowest BCUT2D eigenvalue weighted by Crippen LogP contribution is -2.48. The zero-order valence-corrected chi connectivity index (χ0v) is 12.9. The maximum Gasteiger partial charge on any atom is 0.241 e. The largest absolute Gasteiger partial charge is 0.342 e. The van der Waals surface area contributed by atoms with Crippen LogP contribution in [0.4, 0.5) is 5.13 Å². The van der Waals surface area contributed by atoms with Crippen molar-refractivity contribution in [1.29, 1.82) is 0 Å². The molecule has 20 heavy (non-hydrogen) atoms. The normalized spacial score (nSPS) is 22.1. The number of rotatable bonds is 1. The maximum atomic E-state index is 12.2. The molecular weight excluding hydrogens is 274 g/mol. The Morgan fingerprint density at radius 3 is 2.65 bits per heavy atom. The highest BCUT2D eigenvalue weighted by atomic mass is 32.1. The quantitative estimate of drug-likeness (QED) is 0.789. The first kappa shape index (κ1) is 13.5. The van der Waals surface area contributed by atoms with Gasteiger partial charge < -0.3 is 9.80 Å². The zero-order chi connectivity index (χ0) is 14.5. The van der Waals surface area contributed by atoms with E-state index in [0.717, 1.165) is 28.7 Å². The molecule has 6 heteroatoms. The molecule has 0 aromatic carbocycles. The van der Waals surface area contributed by atoms with Crippen LogP contribution in [0, 0.1) is 5.41 Å². The van der Waals surface area contributed by atoms with Gasteiger partial charge in [-0.2, -0.15) is 0 Å². The predicted molar refractivity (Wildman–Crippen MR) is 78.4 cm³/mol. The molecule has 0 spiro atoms. The molecule has 1 aromatic heterocycles. The summed E-state index contributed by atoms with van der Waals surface area (Å²) in [5.41, 5.74) is 0.908. The van der Waals surface area contributed by atoms with E-state index in [0.29, 0.717) is 19.5 Å². The van der Waals surface area contributed by atoms with E-state index in [-0.39, 0.29) is 17.1 Å². The minimum absolute atomic E-state index is 0.00659. The number of carbonyl (C=O) groups excluding carboxylic acids is 2. The number of aromatic nitrogens is 1. The highest BCUT2D eigenvalue weighted by molar-refractivity contribution is 7.17. The van der Waals surface area contributed by atoms with Gasteiger partial charge in [0.1, 0.15) is 0 Å². The summed E-state index contributed by atoms with van der Waals surface area (Å²) >= 11 is 1.45. The molecule has 5 nitrogen and oxygen atoms in total. The minimum atomic E-state index is -0.00659. The first-order valence-corrected chi connectivity index (χ1v) is 7.69. The SMILES string of the molecule is CN1CCN(c2nc3c(s2)C(=O)CC(C)(C)C3)CC1=O. The predicted octanol–water partition coefficient (Wildman–Crippen LogP) is 1.58. The van der Waals surface area contributed by atoms with Crippen molar-refractivity contribution in [3.8, 4) is 0 Å². The summed E-state index contributed by atoms with van der Waals surface area (Å²) in [7, 11) is 1.82. The number of hydrogen-bond acceptors (Lipinski definition) is 5. The summed E-state index contributed by atoms with van der Waals surface area (Å²) in [6, 6.07) is 0. The van der Waals surface area contributed by atoms with Gasteiger partial charge in [0.25, 0.3) is 0 Å². The van der Waals surface area contributed by atoms with Crippen molar-refractivity contribution < 1.29 is 9.59 Å². The molecule has 1 aliphatic carbocycles. The van der Waals surface area contributed by atoms with E-state index in [1.54, 1.807) is 4.90 Å². The van der Waals surface area contributed by atoms with Crippen LogP contribution in [-0.4, -0.2) is 48.3 Å². The fraction of sp³-hybridized carbons (Fsp3) is 0.643. The minimum Gasteiger partial charge on any atom is -0.342 e. The van der Waals surface area contributed by atoms with Crippen LogP contribution in [-0.2, 0) is 11.2 Å². The Morgan fingerprint density at radius 2 is 1.95 bits per heavy atom. The van der Waals surface area contributed by atoms with Crippen molar-refractivity contribution in [1.82, 2.24) is 9.88 Å². The van der Waals surface area contributed by atoms with E-state index < -0.39 is 0 Å². The highest BCUT2D eigenvalue weighted by Crippen LogP contribution is 2.39. The number of Topliss-reactive ketones (excluding diaryl/α,β-unsaturated/α-hetero) is 1. The van der Waals surface area contributed by atoms with Crippen molar-refractivity contribution in [2.45, 2.75) is 26.7 Å². The maximum absolute atomic E-state index is 12.2. The Bertz CT molecular complexity index is 579. The van der Waals surface area contributed by atoms with Crippen molar-refractivity contribution in [2.75, 3.05) is 31.6 Å². The second kappa shape index (κ2) is 4.55. The third kappa shape index (κ3) is 2.32. The molecule has 0 radical (unpaired) electrons. The lowest BCUT2D eigenvalue weighted by molar-refractivity contribution is -0.129. The molecule has 0 saturated carbocycles. The van der Waals surface area contributed by atoms with Gasteiger partial charge in [-0.1, -0.05) is 25.2 Å². The topological polar surface area (TPSA) is 53.5 Å². The first-order chi connectivity index (χ1) is 9.35. The van der Waals surface area contributed by atoms with Gasteiger partial charge in [0.05, 0.1) is 17.1 Å². The summed E-state index contributed by atoms with van der Waals surface area (Å²) in [5.74, 6) is 0.302. The fourth-order valence-electron chi connectivity index (χ4n) is 2.76. The zero-order valence-electron chi connectivity index (χ0n) is 12.1. The molecule has 1 amide bonds. The Labute approximate surface area is 122 Å². The average molecular weight is 293 g/mol. The lowest BCUT2D eigenvalue weighted by Gasteiger charge is -2.31. The van der Waals surface area contributed by atoms with E-state index in [4.69, 9.17) is 0 Å². The highest BCUT2D eigenvalue weighted by Gasteiger charge is 2.35. The molecule has 0 bridgehead atoms. The number of anilines is 1.